The minimum Gasteiger partial charge on any atom is -0.424 e. The van der Waals surface area contributed by atoms with E-state index in [1.165, 1.54) is 0 Å². The Balaban J connectivity index is 1.99. The van der Waals surface area contributed by atoms with Crippen molar-refractivity contribution in [3.8, 4) is 5.75 Å². The summed E-state index contributed by atoms with van der Waals surface area (Å²) in [6, 6.07) is 7.37. The molecule has 1 aliphatic heterocycles. The van der Waals surface area contributed by atoms with Crippen LogP contribution in [0.1, 0.15) is 5.56 Å². The fraction of sp³-hybridized carbons (Fsp3) is 0.417. The van der Waals surface area contributed by atoms with Crippen LogP contribution in [-0.2, 0) is 14.3 Å². The van der Waals surface area contributed by atoms with Crippen LogP contribution in [0, 0.1) is 6.92 Å². The molecule has 0 bridgehead atoms. The molecule has 0 amide bonds. The topological polar surface area (TPSA) is 44.8 Å². The van der Waals surface area contributed by atoms with Gasteiger partial charge in [0.1, 0.15) is 5.75 Å². The predicted molar refractivity (Wildman–Crippen MR) is 57.4 cm³/mol. The number of carbonyl (C=O) groups excluding carboxylic acids is 1. The van der Waals surface area contributed by atoms with Crippen LogP contribution in [0.15, 0.2) is 24.3 Å². The van der Waals surface area contributed by atoms with E-state index in [1.54, 1.807) is 6.07 Å². The van der Waals surface area contributed by atoms with Crippen LogP contribution < -0.4 is 4.74 Å². The lowest BCUT2D eigenvalue weighted by molar-refractivity contribution is -0.161. The van der Waals surface area contributed by atoms with Gasteiger partial charge in [0.2, 0.25) is 0 Å². The van der Waals surface area contributed by atoms with Gasteiger partial charge in [0, 0.05) is 0 Å². The molecule has 1 fully saturated rings. The van der Waals surface area contributed by atoms with E-state index in [-0.39, 0.29) is 6.61 Å². The molecule has 1 saturated heterocycles. The van der Waals surface area contributed by atoms with Crippen LogP contribution in [0.2, 0.25) is 0 Å². The molecule has 2 rings (SSSR count). The van der Waals surface area contributed by atoms with E-state index in [9.17, 15) is 4.79 Å². The fourth-order valence-electron chi connectivity index (χ4n) is 1.47. The number of hydrogen-bond donors (Lipinski definition) is 0. The molecule has 16 heavy (non-hydrogen) atoms. The highest BCUT2D eigenvalue weighted by atomic mass is 16.6. The van der Waals surface area contributed by atoms with Crippen molar-refractivity contribution in [2.24, 2.45) is 0 Å². The smallest absolute Gasteiger partial charge is 0.343 e. The average Bonchev–Trinajstić information content (AvgIpc) is 2.33. The zero-order valence-electron chi connectivity index (χ0n) is 9.14. The zero-order valence-corrected chi connectivity index (χ0v) is 9.14. The van der Waals surface area contributed by atoms with Gasteiger partial charge >= 0.3 is 5.97 Å². The summed E-state index contributed by atoms with van der Waals surface area (Å²) in [6.45, 7) is 3.13. The summed E-state index contributed by atoms with van der Waals surface area (Å²) in [4.78, 5) is 11.7. The Labute approximate surface area is 94.1 Å². The van der Waals surface area contributed by atoms with E-state index in [2.05, 4.69) is 0 Å². The van der Waals surface area contributed by atoms with Crippen molar-refractivity contribution in [1.29, 1.82) is 0 Å². The molecular formula is C12H14O4. The third-order valence-electron chi connectivity index (χ3n) is 2.38. The van der Waals surface area contributed by atoms with E-state index in [4.69, 9.17) is 14.2 Å². The zero-order chi connectivity index (χ0) is 11.4. The third-order valence-corrected chi connectivity index (χ3v) is 2.38. The summed E-state index contributed by atoms with van der Waals surface area (Å²) in [5.41, 5.74) is 0.924. The summed E-state index contributed by atoms with van der Waals surface area (Å²) in [5, 5.41) is 0. The van der Waals surface area contributed by atoms with Gasteiger partial charge in [0.25, 0.3) is 0 Å². The van der Waals surface area contributed by atoms with E-state index in [0.717, 1.165) is 5.56 Å². The lowest BCUT2D eigenvalue weighted by Crippen LogP contribution is -2.38. The first-order valence-corrected chi connectivity index (χ1v) is 5.24. The molecule has 0 radical (unpaired) electrons. The Bertz CT molecular complexity index is 369. The second-order valence-corrected chi connectivity index (χ2v) is 3.62. The van der Waals surface area contributed by atoms with Gasteiger partial charge < -0.3 is 14.2 Å². The number of benzene rings is 1. The van der Waals surface area contributed by atoms with Crippen molar-refractivity contribution in [3.05, 3.63) is 29.8 Å². The highest BCUT2D eigenvalue weighted by molar-refractivity contribution is 5.77. The Morgan fingerprint density at radius 3 is 2.88 bits per heavy atom. The molecule has 0 aromatic heterocycles. The molecule has 0 spiro atoms. The molecule has 1 unspecified atom stereocenters. The molecular weight excluding hydrogens is 208 g/mol. The second-order valence-electron chi connectivity index (χ2n) is 3.62. The van der Waals surface area contributed by atoms with Crippen molar-refractivity contribution in [2.45, 2.75) is 13.0 Å². The maximum atomic E-state index is 11.7. The van der Waals surface area contributed by atoms with Crippen LogP contribution in [0.5, 0.6) is 5.75 Å². The van der Waals surface area contributed by atoms with Gasteiger partial charge in [-0.3, -0.25) is 0 Å². The highest BCUT2D eigenvalue weighted by Crippen LogP contribution is 2.17. The molecule has 0 aliphatic carbocycles. The number of esters is 1. The molecule has 86 valence electrons. The Kier molecular flexibility index (Phi) is 3.54. The number of ether oxygens (including phenoxy) is 3. The van der Waals surface area contributed by atoms with Gasteiger partial charge in [-0.2, -0.15) is 0 Å². The van der Waals surface area contributed by atoms with Crippen molar-refractivity contribution in [1.82, 2.24) is 0 Å². The van der Waals surface area contributed by atoms with Gasteiger partial charge in [-0.1, -0.05) is 18.2 Å². The Morgan fingerprint density at radius 1 is 1.38 bits per heavy atom. The quantitative estimate of drug-likeness (QED) is 0.559. The van der Waals surface area contributed by atoms with Crippen LogP contribution in [-0.4, -0.2) is 31.9 Å². The van der Waals surface area contributed by atoms with Crippen molar-refractivity contribution < 1.29 is 19.0 Å². The first-order valence-electron chi connectivity index (χ1n) is 5.24. The molecule has 4 heteroatoms. The molecule has 1 aromatic carbocycles. The first-order chi connectivity index (χ1) is 7.77. The van der Waals surface area contributed by atoms with Gasteiger partial charge in [0.15, 0.2) is 6.10 Å². The maximum absolute atomic E-state index is 11.7. The summed E-state index contributed by atoms with van der Waals surface area (Å²) < 4.78 is 15.6. The van der Waals surface area contributed by atoms with Gasteiger partial charge in [-0.05, 0) is 18.6 Å². The second kappa shape index (κ2) is 5.09. The Morgan fingerprint density at radius 2 is 2.19 bits per heavy atom. The Hall–Kier alpha value is -1.39. The minimum absolute atomic E-state index is 0.269. The van der Waals surface area contributed by atoms with E-state index < -0.39 is 12.1 Å². The van der Waals surface area contributed by atoms with Crippen LogP contribution >= 0.6 is 0 Å². The molecule has 0 saturated carbocycles. The largest absolute Gasteiger partial charge is 0.424 e. The van der Waals surface area contributed by atoms with E-state index in [0.29, 0.717) is 19.0 Å². The molecule has 1 heterocycles. The minimum atomic E-state index is -0.603. The SMILES string of the molecule is Cc1ccccc1OC(=O)C1COCCO1. The van der Waals surface area contributed by atoms with Crippen LogP contribution in [0.4, 0.5) is 0 Å². The summed E-state index contributed by atoms with van der Waals surface area (Å²) in [7, 11) is 0. The number of aryl methyl sites for hydroxylation is 1. The van der Waals surface area contributed by atoms with Crippen molar-refractivity contribution in [2.75, 3.05) is 19.8 Å². The molecule has 1 atom stereocenters. The van der Waals surface area contributed by atoms with Crippen molar-refractivity contribution in [3.63, 3.8) is 0 Å². The monoisotopic (exact) mass is 222 g/mol. The lowest BCUT2D eigenvalue weighted by atomic mass is 10.2. The lowest BCUT2D eigenvalue weighted by Gasteiger charge is -2.21. The molecule has 0 N–H and O–H groups in total. The normalized spacial score (nSPS) is 20.4. The number of carbonyl (C=O) groups is 1. The summed E-state index contributed by atoms with van der Waals surface area (Å²) in [5.74, 6) is 0.177. The van der Waals surface area contributed by atoms with E-state index in [1.807, 2.05) is 25.1 Å². The molecule has 1 aromatic rings. The summed E-state index contributed by atoms with van der Waals surface area (Å²) >= 11 is 0. The van der Waals surface area contributed by atoms with Gasteiger partial charge in [-0.15, -0.1) is 0 Å². The fourth-order valence-corrected chi connectivity index (χ4v) is 1.47. The maximum Gasteiger partial charge on any atom is 0.343 e. The molecule has 4 nitrogen and oxygen atoms in total. The average molecular weight is 222 g/mol. The first kappa shape index (κ1) is 11.1. The number of rotatable bonds is 2. The van der Waals surface area contributed by atoms with Gasteiger partial charge in [-0.25, -0.2) is 4.79 Å². The molecule has 1 aliphatic rings. The summed E-state index contributed by atoms with van der Waals surface area (Å²) in [6.07, 6.45) is -0.603. The number of para-hydroxylation sites is 1. The van der Waals surface area contributed by atoms with Gasteiger partial charge in [0.05, 0.1) is 19.8 Å². The predicted octanol–water partition coefficient (Wildman–Crippen LogP) is 1.32. The van der Waals surface area contributed by atoms with Crippen LogP contribution in [0.25, 0.3) is 0 Å². The standard InChI is InChI=1S/C12H14O4/c1-9-4-2-3-5-10(9)16-12(13)11-8-14-6-7-15-11/h2-5,11H,6-8H2,1H3. The third kappa shape index (κ3) is 2.59. The highest BCUT2D eigenvalue weighted by Gasteiger charge is 2.24. The van der Waals surface area contributed by atoms with Crippen LogP contribution in [0.3, 0.4) is 0 Å². The van der Waals surface area contributed by atoms with Crippen molar-refractivity contribution >= 4 is 5.97 Å². The van der Waals surface area contributed by atoms with E-state index >= 15 is 0 Å². The number of hydrogen-bond acceptors (Lipinski definition) is 4.